The highest BCUT2D eigenvalue weighted by molar-refractivity contribution is 6.06. The molecule has 26 heavy (non-hydrogen) atoms. The van der Waals surface area contributed by atoms with Gasteiger partial charge >= 0.3 is 0 Å². The van der Waals surface area contributed by atoms with Gasteiger partial charge in [-0.05, 0) is 38.5 Å². The van der Waals surface area contributed by atoms with Crippen LogP contribution in [0.25, 0.3) is 0 Å². The Morgan fingerprint density at radius 1 is 1.12 bits per heavy atom. The van der Waals surface area contributed by atoms with E-state index in [-0.39, 0.29) is 17.9 Å². The van der Waals surface area contributed by atoms with Gasteiger partial charge in [-0.2, -0.15) is 0 Å². The standard InChI is InChI=1S/C20H25N3O3/c1-4-5-10-22-19(24)15-11-16(13-21-12-15)20(25)23-17-8-6-7-9-18(17)26-14(2)3/h6-9,11-14H,4-5,10H2,1-3H3,(H,22,24)(H,23,25). The molecule has 2 rings (SSSR count). The predicted octanol–water partition coefficient (Wildman–Crippen LogP) is 3.65. The van der Waals surface area contributed by atoms with E-state index >= 15 is 0 Å². The smallest absolute Gasteiger partial charge is 0.257 e. The summed E-state index contributed by atoms with van der Waals surface area (Å²) in [5.74, 6) is 0.0157. The summed E-state index contributed by atoms with van der Waals surface area (Å²) >= 11 is 0. The van der Waals surface area contributed by atoms with Gasteiger partial charge in [0.25, 0.3) is 11.8 Å². The third-order valence-corrected chi connectivity index (χ3v) is 3.58. The lowest BCUT2D eigenvalue weighted by atomic mass is 10.1. The summed E-state index contributed by atoms with van der Waals surface area (Å²) in [4.78, 5) is 28.7. The summed E-state index contributed by atoms with van der Waals surface area (Å²) in [6.07, 6.45) is 4.79. The molecular formula is C20H25N3O3. The Morgan fingerprint density at radius 2 is 1.81 bits per heavy atom. The number of aromatic nitrogens is 1. The average molecular weight is 355 g/mol. The van der Waals surface area contributed by atoms with E-state index in [9.17, 15) is 9.59 Å². The molecule has 0 fully saturated rings. The molecule has 1 heterocycles. The van der Waals surface area contributed by atoms with Gasteiger partial charge in [-0.1, -0.05) is 25.5 Å². The van der Waals surface area contributed by atoms with Gasteiger partial charge in [-0.25, -0.2) is 0 Å². The van der Waals surface area contributed by atoms with Crippen molar-refractivity contribution in [3.05, 3.63) is 53.9 Å². The van der Waals surface area contributed by atoms with Crippen molar-refractivity contribution in [2.75, 3.05) is 11.9 Å². The Kier molecular flexibility index (Phi) is 7.14. The Labute approximate surface area is 154 Å². The van der Waals surface area contributed by atoms with Crippen LogP contribution in [0.3, 0.4) is 0 Å². The Bertz CT molecular complexity index is 759. The molecule has 6 nitrogen and oxygen atoms in total. The monoisotopic (exact) mass is 355 g/mol. The van der Waals surface area contributed by atoms with Gasteiger partial charge in [-0.15, -0.1) is 0 Å². The maximum atomic E-state index is 12.5. The number of amides is 2. The van der Waals surface area contributed by atoms with Crippen LogP contribution < -0.4 is 15.4 Å². The second-order valence-corrected chi connectivity index (χ2v) is 6.19. The first-order valence-electron chi connectivity index (χ1n) is 8.81. The third-order valence-electron chi connectivity index (χ3n) is 3.58. The van der Waals surface area contributed by atoms with Crippen molar-refractivity contribution in [1.29, 1.82) is 0 Å². The molecule has 2 amide bonds. The number of para-hydroxylation sites is 2. The van der Waals surface area contributed by atoms with Crippen LogP contribution in [0.15, 0.2) is 42.7 Å². The van der Waals surface area contributed by atoms with Crippen molar-refractivity contribution in [3.8, 4) is 5.75 Å². The van der Waals surface area contributed by atoms with E-state index in [0.717, 1.165) is 12.8 Å². The summed E-state index contributed by atoms with van der Waals surface area (Å²) < 4.78 is 5.70. The van der Waals surface area contributed by atoms with E-state index in [2.05, 4.69) is 22.5 Å². The summed E-state index contributed by atoms with van der Waals surface area (Å²) in [5, 5.41) is 5.63. The van der Waals surface area contributed by atoms with E-state index in [4.69, 9.17) is 4.74 Å². The molecule has 1 aromatic carbocycles. The highest BCUT2D eigenvalue weighted by Gasteiger charge is 2.13. The van der Waals surface area contributed by atoms with Crippen LogP contribution in [0.5, 0.6) is 5.75 Å². The van der Waals surface area contributed by atoms with Crippen molar-refractivity contribution in [2.45, 2.75) is 39.7 Å². The van der Waals surface area contributed by atoms with Crippen molar-refractivity contribution in [1.82, 2.24) is 10.3 Å². The Morgan fingerprint density at radius 3 is 2.50 bits per heavy atom. The minimum absolute atomic E-state index is 0.00939. The number of nitrogens with one attached hydrogen (secondary N) is 2. The van der Waals surface area contributed by atoms with Gasteiger partial charge in [0.05, 0.1) is 22.9 Å². The predicted molar refractivity (Wildman–Crippen MR) is 102 cm³/mol. The molecular weight excluding hydrogens is 330 g/mol. The SMILES string of the molecule is CCCCNC(=O)c1cncc(C(=O)Nc2ccccc2OC(C)C)c1. The van der Waals surface area contributed by atoms with E-state index in [1.807, 2.05) is 26.0 Å². The van der Waals surface area contributed by atoms with E-state index < -0.39 is 0 Å². The fourth-order valence-electron chi connectivity index (χ4n) is 2.29. The number of hydrogen-bond acceptors (Lipinski definition) is 4. The molecule has 138 valence electrons. The van der Waals surface area contributed by atoms with Crippen molar-refractivity contribution in [2.24, 2.45) is 0 Å². The number of anilines is 1. The first-order chi connectivity index (χ1) is 12.5. The van der Waals surface area contributed by atoms with Gasteiger partial charge in [-0.3, -0.25) is 14.6 Å². The van der Waals surface area contributed by atoms with Crippen LogP contribution in [-0.2, 0) is 0 Å². The molecule has 0 atom stereocenters. The normalized spacial score (nSPS) is 10.5. The summed E-state index contributed by atoms with van der Waals surface area (Å²) in [7, 11) is 0. The average Bonchev–Trinajstić information content (AvgIpc) is 2.63. The zero-order valence-corrected chi connectivity index (χ0v) is 15.4. The lowest BCUT2D eigenvalue weighted by molar-refractivity contribution is 0.0952. The molecule has 2 N–H and O–H groups in total. The zero-order valence-electron chi connectivity index (χ0n) is 15.4. The van der Waals surface area contributed by atoms with Crippen LogP contribution in [0, 0.1) is 0 Å². The fraction of sp³-hybridized carbons (Fsp3) is 0.350. The van der Waals surface area contributed by atoms with Crippen molar-refractivity contribution < 1.29 is 14.3 Å². The first kappa shape index (κ1) is 19.4. The molecule has 0 unspecified atom stereocenters. The molecule has 0 saturated carbocycles. The number of nitrogens with zero attached hydrogens (tertiary/aromatic N) is 1. The number of pyridine rings is 1. The second kappa shape index (κ2) is 9.56. The molecule has 0 radical (unpaired) electrons. The van der Waals surface area contributed by atoms with Gasteiger partial charge in [0.15, 0.2) is 0 Å². The lowest BCUT2D eigenvalue weighted by Crippen LogP contribution is -2.25. The quantitative estimate of drug-likeness (QED) is 0.708. The topological polar surface area (TPSA) is 80.3 Å². The largest absolute Gasteiger partial charge is 0.489 e. The molecule has 2 aromatic rings. The van der Waals surface area contributed by atoms with Crippen LogP contribution in [-0.4, -0.2) is 29.4 Å². The van der Waals surface area contributed by atoms with Gasteiger partial charge in [0.1, 0.15) is 5.75 Å². The number of rotatable bonds is 8. The van der Waals surface area contributed by atoms with Crippen LogP contribution in [0.1, 0.15) is 54.3 Å². The summed E-state index contributed by atoms with van der Waals surface area (Å²) in [5.41, 5.74) is 1.25. The number of carbonyl (C=O) groups is 2. The zero-order chi connectivity index (χ0) is 18.9. The van der Waals surface area contributed by atoms with E-state index in [0.29, 0.717) is 29.1 Å². The van der Waals surface area contributed by atoms with Crippen LogP contribution in [0.4, 0.5) is 5.69 Å². The maximum Gasteiger partial charge on any atom is 0.257 e. The molecule has 0 bridgehead atoms. The third kappa shape index (κ3) is 5.58. The number of benzene rings is 1. The van der Waals surface area contributed by atoms with Gasteiger partial charge in [0, 0.05) is 18.9 Å². The minimum Gasteiger partial charge on any atom is -0.489 e. The Balaban J connectivity index is 2.11. The number of hydrogen-bond donors (Lipinski definition) is 2. The fourth-order valence-corrected chi connectivity index (χ4v) is 2.29. The van der Waals surface area contributed by atoms with Crippen LogP contribution >= 0.6 is 0 Å². The Hall–Kier alpha value is -2.89. The molecule has 0 aliphatic rings. The summed E-state index contributed by atoms with van der Waals surface area (Å²) in [6, 6.07) is 8.76. The van der Waals surface area contributed by atoms with Crippen LogP contribution in [0.2, 0.25) is 0 Å². The summed E-state index contributed by atoms with van der Waals surface area (Å²) in [6.45, 7) is 6.50. The van der Waals surface area contributed by atoms with E-state index in [1.54, 1.807) is 12.1 Å². The van der Waals surface area contributed by atoms with Crippen molar-refractivity contribution >= 4 is 17.5 Å². The van der Waals surface area contributed by atoms with E-state index in [1.165, 1.54) is 18.5 Å². The first-order valence-corrected chi connectivity index (χ1v) is 8.81. The number of unbranched alkanes of at least 4 members (excludes halogenated alkanes) is 1. The number of carbonyl (C=O) groups excluding carboxylic acids is 2. The van der Waals surface area contributed by atoms with Gasteiger partial charge < -0.3 is 15.4 Å². The molecule has 6 heteroatoms. The highest BCUT2D eigenvalue weighted by Crippen LogP contribution is 2.25. The molecule has 1 aromatic heterocycles. The molecule has 0 saturated heterocycles. The molecule has 0 spiro atoms. The molecule has 0 aliphatic heterocycles. The van der Waals surface area contributed by atoms with Gasteiger partial charge in [0.2, 0.25) is 0 Å². The minimum atomic E-state index is -0.347. The molecule has 0 aliphatic carbocycles. The number of ether oxygens (including phenoxy) is 1. The second-order valence-electron chi connectivity index (χ2n) is 6.19. The maximum absolute atomic E-state index is 12.5. The lowest BCUT2D eigenvalue weighted by Gasteiger charge is -2.14. The highest BCUT2D eigenvalue weighted by atomic mass is 16.5. The van der Waals surface area contributed by atoms with Crippen molar-refractivity contribution in [3.63, 3.8) is 0 Å².